The third kappa shape index (κ3) is 6.45. The Morgan fingerprint density at radius 2 is 1.68 bits per heavy atom. The minimum absolute atomic E-state index is 0.00553. The number of carbonyl (C=O) groups is 2. The van der Waals surface area contributed by atoms with E-state index in [1.807, 2.05) is 0 Å². The van der Waals surface area contributed by atoms with Gasteiger partial charge in [0.2, 0.25) is 11.8 Å². The molecule has 1 atom stereocenters. The van der Waals surface area contributed by atoms with E-state index in [0.29, 0.717) is 11.3 Å². The van der Waals surface area contributed by atoms with Crippen LogP contribution in [0, 0.1) is 10.1 Å². The number of hydrogen-bond acceptors (Lipinski definition) is 7. The van der Waals surface area contributed by atoms with E-state index in [9.17, 15) is 28.1 Å². The molecule has 0 unspecified atom stereocenters. The van der Waals surface area contributed by atoms with Crippen LogP contribution in [-0.4, -0.2) is 56.8 Å². The smallest absolute Gasteiger partial charge is 0.271 e. The fourth-order valence-electron chi connectivity index (χ4n) is 3.73. The second kappa shape index (κ2) is 12.2. The van der Waals surface area contributed by atoms with Crippen molar-refractivity contribution in [3.05, 3.63) is 94.5 Å². The zero-order valence-electron chi connectivity index (χ0n) is 21.1. The van der Waals surface area contributed by atoms with Crippen LogP contribution in [0.1, 0.15) is 12.5 Å². The fourth-order valence-corrected chi connectivity index (χ4v) is 5.16. The lowest BCUT2D eigenvalue weighted by Gasteiger charge is -2.31. The van der Waals surface area contributed by atoms with Crippen molar-refractivity contribution in [1.82, 2.24) is 10.2 Å². The van der Waals surface area contributed by atoms with Crippen LogP contribution in [0.5, 0.6) is 5.75 Å². The molecule has 0 fully saturated rings. The Bertz CT molecular complexity index is 1400. The Balaban J connectivity index is 2.05. The quantitative estimate of drug-likeness (QED) is 0.291. The molecule has 0 saturated carbocycles. The summed E-state index contributed by atoms with van der Waals surface area (Å²) < 4.78 is 33.3. The minimum atomic E-state index is -4.31. The van der Waals surface area contributed by atoms with Crippen LogP contribution in [0.4, 0.5) is 11.4 Å². The molecule has 0 aromatic heterocycles. The van der Waals surface area contributed by atoms with Gasteiger partial charge in [0.1, 0.15) is 18.3 Å². The molecule has 200 valence electrons. The molecule has 0 aliphatic heterocycles. The molecule has 0 radical (unpaired) electrons. The number of rotatable bonds is 11. The fraction of sp³-hybridized carbons (Fsp3) is 0.231. The number of amides is 2. The highest BCUT2D eigenvalue weighted by molar-refractivity contribution is 7.92. The number of ether oxygens (including phenoxy) is 1. The van der Waals surface area contributed by atoms with Gasteiger partial charge in [0.25, 0.3) is 15.7 Å². The van der Waals surface area contributed by atoms with Gasteiger partial charge in [-0.3, -0.25) is 24.0 Å². The predicted octanol–water partition coefficient (Wildman–Crippen LogP) is 2.96. The summed E-state index contributed by atoms with van der Waals surface area (Å²) in [4.78, 5) is 38.1. The van der Waals surface area contributed by atoms with Crippen molar-refractivity contribution in [2.24, 2.45) is 0 Å². The van der Waals surface area contributed by atoms with Gasteiger partial charge >= 0.3 is 0 Å². The number of anilines is 1. The third-order valence-corrected chi connectivity index (χ3v) is 7.65. The Labute approximate surface area is 220 Å². The van der Waals surface area contributed by atoms with Crippen molar-refractivity contribution in [3.8, 4) is 5.75 Å². The summed E-state index contributed by atoms with van der Waals surface area (Å²) in [6, 6.07) is 18.4. The number of carbonyl (C=O) groups excluding carboxylic acids is 2. The zero-order chi connectivity index (χ0) is 27.9. The molecule has 1 N–H and O–H groups in total. The highest BCUT2D eigenvalue weighted by atomic mass is 32.2. The Morgan fingerprint density at radius 3 is 2.26 bits per heavy atom. The van der Waals surface area contributed by atoms with Gasteiger partial charge in [0.05, 0.1) is 22.6 Å². The molecule has 0 aliphatic rings. The van der Waals surface area contributed by atoms with Gasteiger partial charge in [-0.2, -0.15) is 0 Å². The summed E-state index contributed by atoms with van der Waals surface area (Å²) in [6.45, 7) is 0.838. The van der Waals surface area contributed by atoms with Crippen LogP contribution in [0.2, 0.25) is 0 Å². The van der Waals surface area contributed by atoms with E-state index in [-0.39, 0.29) is 22.8 Å². The highest BCUT2D eigenvalue weighted by Gasteiger charge is 2.32. The van der Waals surface area contributed by atoms with Gasteiger partial charge in [-0.05, 0) is 42.8 Å². The van der Waals surface area contributed by atoms with Crippen molar-refractivity contribution in [1.29, 1.82) is 0 Å². The monoisotopic (exact) mass is 540 g/mol. The maximum absolute atomic E-state index is 13.7. The average Bonchev–Trinajstić information content (AvgIpc) is 2.94. The summed E-state index contributed by atoms with van der Waals surface area (Å²) in [6.07, 6.45) is 0. The van der Waals surface area contributed by atoms with Crippen LogP contribution >= 0.6 is 0 Å². The van der Waals surface area contributed by atoms with Crippen molar-refractivity contribution < 1.29 is 27.7 Å². The maximum Gasteiger partial charge on any atom is 0.271 e. The van der Waals surface area contributed by atoms with Gasteiger partial charge in [-0.25, -0.2) is 8.42 Å². The maximum atomic E-state index is 13.7. The van der Waals surface area contributed by atoms with Crippen LogP contribution in [0.15, 0.2) is 83.8 Å². The second-order valence-electron chi connectivity index (χ2n) is 8.26. The molecule has 12 heteroatoms. The first-order chi connectivity index (χ1) is 18.1. The summed E-state index contributed by atoms with van der Waals surface area (Å²) in [5.74, 6) is -0.514. The predicted molar refractivity (Wildman–Crippen MR) is 141 cm³/mol. The van der Waals surface area contributed by atoms with Crippen molar-refractivity contribution in [2.45, 2.75) is 24.4 Å². The molecule has 38 heavy (non-hydrogen) atoms. The van der Waals surface area contributed by atoms with E-state index < -0.39 is 39.3 Å². The lowest BCUT2D eigenvalue weighted by atomic mass is 10.1. The summed E-state index contributed by atoms with van der Waals surface area (Å²) in [7, 11) is -1.36. The molecule has 0 aliphatic carbocycles. The molecule has 11 nitrogen and oxygen atoms in total. The van der Waals surface area contributed by atoms with Crippen molar-refractivity contribution >= 4 is 33.2 Å². The number of nitro groups is 1. The molecular formula is C26H28N4O7S. The Morgan fingerprint density at radius 1 is 1.03 bits per heavy atom. The largest absolute Gasteiger partial charge is 0.497 e. The van der Waals surface area contributed by atoms with Gasteiger partial charge in [0.15, 0.2) is 0 Å². The number of nitrogens with zero attached hydrogens (tertiary/aromatic N) is 3. The number of sulfonamides is 1. The van der Waals surface area contributed by atoms with Crippen LogP contribution in [-0.2, 0) is 26.2 Å². The van der Waals surface area contributed by atoms with Crippen LogP contribution in [0.25, 0.3) is 0 Å². The molecule has 3 aromatic carbocycles. The number of nitrogens with one attached hydrogen (secondary N) is 1. The molecule has 0 bridgehead atoms. The van der Waals surface area contributed by atoms with Gasteiger partial charge in [-0.15, -0.1) is 0 Å². The number of likely N-dealkylation sites (N-methyl/N-ethyl adjacent to an activating group) is 1. The normalized spacial score (nSPS) is 11.8. The van der Waals surface area contributed by atoms with E-state index in [2.05, 4.69) is 5.32 Å². The molecule has 0 heterocycles. The molecule has 3 aromatic rings. The standard InChI is InChI=1S/C26H28N4O7S/c1-19(26(32)27-2)28(17-20-12-14-23(37-3)15-13-20)25(31)18-29(21-8-7-9-22(16-21)30(33)34)38(35,36)24-10-5-4-6-11-24/h4-16,19H,17-18H2,1-3H3,(H,27,32)/t19-/m1/s1. The van der Waals surface area contributed by atoms with E-state index >= 15 is 0 Å². The summed E-state index contributed by atoms with van der Waals surface area (Å²) >= 11 is 0. The number of non-ortho nitro benzene ring substituents is 1. The first-order valence-corrected chi connectivity index (χ1v) is 13.0. The molecule has 0 saturated heterocycles. The average molecular weight is 541 g/mol. The van der Waals surface area contributed by atoms with Crippen molar-refractivity contribution in [2.75, 3.05) is 25.0 Å². The molecular weight excluding hydrogens is 512 g/mol. The van der Waals surface area contributed by atoms with Crippen molar-refractivity contribution in [3.63, 3.8) is 0 Å². The lowest BCUT2D eigenvalue weighted by Crippen LogP contribution is -2.50. The summed E-state index contributed by atoms with van der Waals surface area (Å²) in [5, 5.41) is 13.9. The van der Waals surface area contributed by atoms with E-state index in [0.717, 1.165) is 10.4 Å². The van der Waals surface area contributed by atoms with Gasteiger partial charge in [-0.1, -0.05) is 36.4 Å². The Hall–Kier alpha value is -4.45. The Kier molecular flexibility index (Phi) is 9.02. The van der Waals surface area contributed by atoms with Crippen LogP contribution in [0.3, 0.4) is 0 Å². The summed E-state index contributed by atoms with van der Waals surface area (Å²) in [5.41, 5.74) is 0.285. The van der Waals surface area contributed by atoms with E-state index in [1.165, 1.54) is 68.4 Å². The van der Waals surface area contributed by atoms with Gasteiger partial charge in [0, 0.05) is 25.7 Å². The SMILES string of the molecule is CNC(=O)[C@@H](C)N(Cc1ccc(OC)cc1)C(=O)CN(c1cccc([N+](=O)[O-])c1)S(=O)(=O)c1ccccc1. The van der Waals surface area contributed by atoms with E-state index in [4.69, 9.17) is 4.74 Å². The first kappa shape index (κ1) is 28.1. The van der Waals surface area contributed by atoms with Crippen LogP contribution < -0.4 is 14.4 Å². The molecule has 3 rings (SSSR count). The number of hydrogen-bond donors (Lipinski definition) is 1. The highest BCUT2D eigenvalue weighted by Crippen LogP contribution is 2.27. The van der Waals surface area contributed by atoms with E-state index in [1.54, 1.807) is 30.3 Å². The minimum Gasteiger partial charge on any atom is -0.497 e. The second-order valence-corrected chi connectivity index (χ2v) is 10.1. The zero-order valence-corrected chi connectivity index (χ0v) is 21.9. The number of methoxy groups -OCH3 is 1. The molecule has 0 spiro atoms. The topological polar surface area (TPSA) is 139 Å². The van der Waals surface area contributed by atoms with Gasteiger partial charge < -0.3 is 15.0 Å². The third-order valence-electron chi connectivity index (χ3n) is 5.86. The number of benzene rings is 3. The first-order valence-electron chi connectivity index (χ1n) is 11.5. The number of nitro benzene ring substituents is 1. The lowest BCUT2D eigenvalue weighted by molar-refractivity contribution is -0.384. The molecule has 2 amide bonds.